The Morgan fingerprint density at radius 1 is 1.28 bits per heavy atom. The molecule has 3 aromatic heterocycles. The van der Waals surface area contributed by atoms with Crippen LogP contribution in [0.5, 0.6) is 0 Å². The summed E-state index contributed by atoms with van der Waals surface area (Å²) < 4.78 is 5.10. The molecule has 2 N–H and O–H groups in total. The van der Waals surface area contributed by atoms with Crippen molar-refractivity contribution < 1.29 is 9.21 Å². The fourth-order valence-electron chi connectivity index (χ4n) is 2.43. The number of benzene rings is 1. The number of hydrogen-bond donors (Lipinski definition) is 2. The number of fused-ring (bicyclic) bond motifs is 1. The van der Waals surface area contributed by atoms with Gasteiger partial charge in [0.2, 0.25) is 5.82 Å². The quantitative estimate of drug-likeness (QED) is 0.596. The zero-order chi connectivity index (χ0) is 17.2. The number of nitrogens with zero attached hydrogens (tertiary/aromatic N) is 4. The van der Waals surface area contributed by atoms with E-state index in [2.05, 4.69) is 25.5 Å². The Bertz CT molecular complexity index is 1110. The molecule has 120 valence electrons. The summed E-state index contributed by atoms with van der Waals surface area (Å²) in [5.41, 5.74) is 3.08. The monoisotopic (exact) mass is 330 g/mol. The first-order valence-electron chi connectivity index (χ1n) is 7.30. The number of aromatic nitrogens is 4. The molecule has 8 heteroatoms. The van der Waals surface area contributed by atoms with Crippen molar-refractivity contribution in [3.8, 4) is 17.3 Å². The Labute approximate surface area is 141 Å². The molecule has 8 nitrogen and oxygen atoms in total. The van der Waals surface area contributed by atoms with Crippen LogP contribution in [0.4, 0.5) is 5.69 Å². The highest BCUT2D eigenvalue weighted by Gasteiger charge is 2.13. The van der Waals surface area contributed by atoms with E-state index in [1.54, 1.807) is 24.7 Å². The van der Waals surface area contributed by atoms with Gasteiger partial charge in [-0.3, -0.25) is 9.89 Å². The van der Waals surface area contributed by atoms with E-state index in [1.807, 2.05) is 18.2 Å². The highest BCUT2D eigenvalue weighted by atomic mass is 16.3. The number of nitrogens with one attached hydrogen (secondary N) is 2. The number of rotatable bonds is 3. The molecule has 0 spiro atoms. The van der Waals surface area contributed by atoms with Gasteiger partial charge in [-0.25, -0.2) is 9.97 Å². The van der Waals surface area contributed by atoms with E-state index in [-0.39, 0.29) is 11.5 Å². The number of nitriles is 1. The first kappa shape index (κ1) is 14.6. The van der Waals surface area contributed by atoms with E-state index >= 15 is 0 Å². The lowest BCUT2D eigenvalue weighted by Crippen LogP contribution is -2.15. The van der Waals surface area contributed by atoms with E-state index in [0.29, 0.717) is 5.69 Å². The fourth-order valence-corrected chi connectivity index (χ4v) is 2.43. The van der Waals surface area contributed by atoms with Gasteiger partial charge in [0.15, 0.2) is 0 Å². The molecule has 0 bridgehead atoms. The molecule has 4 rings (SSSR count). The Hall–Kier alpha value is -3.99. The van der Waals surface area contributed by atoms with Crippen LogP contribution in [-0.4, -0.2) is 26.1 Å². The van der Waals surface area contributed by atoms with Crippen molar-refractivity contribution >= 4 is 22.5 Å². The zero-order valence-corrected chi connectivity index (χ0v) is 12.7. The van der Waals surface area contributed by atoms with E-state index in [9.17, 15) is 4.79 Å². The van der Waals surface area contributed by atoms with Gasteiger partial charge in [-0.15, -0.1) is 0 Å². The van der Waals surface area contributed by atoms with Crippen LogP contribution < -0.4 is 5.32 Å². The molecule has 0 atom stereocenters. The van der Waals surface area contributed by atoms with Crippen molar-refractivity contribution in [3.05, 3.63) is 60.6 Å². The number of H-pyrrole nitrogens is 1. The highest BCUT2D eigenvalue weighted by Crippen LogP contribution is 2.28. The Morgan fingerprint density at radius 2 is 2.20 bits per heavy atom. The third kappa shape index (κ3) is 2.70. The molecule has 0 fully saturated rings. The fraction of sp³-hybridized carbons (Fsp3) is 0. The average Bonchev–Trinajstić information content (AvgIpc) is 3.30. The lowest BCUT2D eigenvalue weighted by molar-refractivity contribution is 0.101. The zero-order valence-electron chi connectivity index (χ0n) is 12.7. The van der Waals surface area contributed by atoms with Gasteiger partial charge >= 0.3 is 0 Å². The number of anilines is 1. The minimum Gasteiger partial charge on any atom is -0.472 e. The predicted molar refractivity (Wildman–Crippen MR) is 88.5 cm³/mol. The van der Waals surface area contributed by atoms with Crippen LogP contribution in [0, 0.1) is 11.3 Å². The number of carbonyl (C=O) groups excluding carboxylic acids is 1. The van der Waals surface area contributed by atoms with Gasteiger partial charge in [0.25, 0.3) is 5.91 Å². The summed E-state index contributed by atoms with van der Waals surface area (Å²) in [5.74, 6) is -0.564. The molecule has 25 heavy (non-hydrogen) atoms. The number of furan rings is 1. The van der Waals surface area contributed by atoms with Crippen LogP contribution in [0.25, 0.3) is 22.2 Å². The van der Waals surface area contributed by atoms with E-state index < -0.39 is 5.91 Å². The van der Waals surface area contributed by atoms with Gasteiger partial charge in [-0.2, -0.15) is 10.4 Å². The summed E-state index contributed by atoms with van der Waals surface area (Å²) >= 11 is 0. The van der Waals surface area contributed by atoms with Gasteiger partial charge in [0.05, 0.1) is 18.0 Å². The Kier molecular flexibility index (Phi) is 3.44. The summed E-state index contributed by atoms with van der Waals surface area (Å²) in [6, 6.07) is 10.5. The molecule has 0 aliphatic rings. The smallest absolute Gasteiger partial charge is 0.293 e. The lowest BCUT2D eigenvalue weighted by Gasteiger charge is -2.04. The van der Waals surface area contributed by atoms with Crippen molar-refractivity contribution in [2.75, 3.05) is 5.32 Å². The van der Waals surface area contributed by atoms with Crippen molar-refractivity contribution in [1.82, 2.24) is 20.2 Å². The van der Waals surface area contributed by atoms with Crippen molar-refractivity contribution in [1.29, 1.82) is 5.26 Å². The molecule has 0 radical (unpaired) electrons. The van der Waals surface area contributed by atoms with Crippen LogP contribution in [0.3, 0.4) is 0 Å². The summed E-state index contributed by atoms with van der Waals surface area (Å²) in [5, 5.41) is 19.6. The van der Waals surface area contributed by atoms with Crippen LogP contribution >= 0.6 is 0 Å². The Morgan fingerprint density at radius 3 is 3.00 bits per heavy atom. The van der Waals surface area contributed by atoms with E-state index in [4.69, 9.17) is 9.68 Å². The molecule has 0 aliphatic carbocycles. The largest absolute Gasteiger partial charge is 0.472 e. The average molecular weight is 330 g/mol. The molecule has 4 aromatic rings. The summed E-state index contributed by atoms with van der Waals surface area (Å²) in [7, 11) is 0. The second kappa shape index (κ2) is 5.90. The number of aromatic amines is 1. The maximum atomic E-state index is 12.3. The second-order valence-electron chi connectivity index (χ2n) is 5.18. The standard InChI is InChI=1S/C17H10N6O2/c18-8-12-3-5-19-16(20-12)17(24)21-11-1-2-14-13(7-11)15(23-22-14)10-4-6-25-9-10/h1-7,9H,(H,21,24)(H,22,23). The van der Waals surface area contributed by atoms with Crippen molar-refractivity contribution in [2.24, 2.45) is 0 Å². The van der Waals surface area contributed by atoms with Gasteiger partial charge in [-0.1, -0.05) is 0 Å². The van der Waals surface area contributed by atoms with Gasteiger partial charge in [-0.05, 0) is 30.3 Å². The van der Waals surface area contributed by atoms with Crippen LogP contribution in [-0.2, 0) is 0 Å². The van der Waals surface area contributed by atoms with Crippen LogP contribution in [0.1, 0.15) is 16.3 Å². The minimum atomic E-state index is -0.496. The first-order valence-corrected chi connectivity index (χ1v) is 7.30. The highest BCUT2D eigenvalue weighted by molar-refractivity contribution is 6.03. The lowest BCUT2D eigenvalue weighted by atomic mass is 10.1. The predicted octanol–water partition coefficient (Wildman–Crippen LogP) is 2.74. The van der Waals surface area contributed by atoms with Crippen LogP contribution in [0.2, 0.25) is 0 Å². The SMILES string of the molecule is N#Cc1ccnc(C(=O)Nc2ccc3[nH]nc(-c4ccoc4)c3c2)n1. The first-order chi connectivity index (χ1) is 12.2. The summed E-state index contributed by atoms with van der Waals surface area (Å²) in [6.07, 6.45) is 4.54. The number of hydrogen-bond acceptors (Lipinski definition) is 6. The summed E-state index contributed by atoms with van der Waals surface area (Å²) in [6.45, 7) is 0. The maximum Gasteiger partial charge on any atom is 0.293 e. The topological polar surface area (TPSA) is 120 Å². The van der Waals surface area contributed by atoms with Gasteiger partial charge in [0, 0.05) is 22.8 Å². The van der Waals surface area contributed by atoms with Crippen molar-refractivity contribution in [3.63, 3.8) is 0 Å². The van der Waals surface area contributed by atoms with Gasteiger partial charge in [0.1, 0.15) is 17.5 Å². The van der Waals surface area contributed by atoms with Crippen molar-refractivity contribution in [2.45, 2.75) is 0 Å². The van der Waals surface area contributed by atoms with E-state index in [1.165, 1.54) is 12.3 Å². The third-order valence-electron chi connectivity index (χ3n) is 3.59. The molecule has 0 aliphatic heterocycles. The molecular formula is C17H10N6O2. The molecule has 1 aromatic carbocycles. The molecule has 0 unspecified atom stereocenters. The third-order valence-corrected chi connectivity index (χ3v) is 3.59. The maximum absolute atomic E-state index is 12.3. The second-order valence-corrected chi connectivity index (χ2v) is 5.18. The molecule has 3 heterocycles. The number of amides is 1. The Balaban J connectivity index is 1.66. The molecular weight excluding hydrogens is 320 g/mol. The molecule has 1 amide bonds. The summed E-state index contributed by atoms with van der Waals surface area (Å²) in [4.78, 5) is 20.1. The minimum absolute atomic E-state index is 0.0681. The van der Waals surface area contributed by atoms with Crippen LogP contribution in [0.15, 0.2) is 53.5 Å². The molecule has 0 saturated heterocycles. The van der Waals surface area contributed by atoms with Gasteiger partial charge < -0.3 is 9.73 Å². The van der Waals surface area contributed by atoms with E-state index in [0.717, 1.165) is 22.2 Å². The molecule has 0 saturated carbocycles. The number of carbonyl (C=O) groups is 1. The normalized spacial score (nSPS) is 10.5.